The summed E-state index contributed by atoms with van der Waals surface area (Å²) in [4.78, 5) is 19.4. The van der Waals surface area contributed by atoms with Crippen molar-refractivity contribution in [2.24, 2.45) is 4.99 Å². The van der Waals surface area contributed by atoms with Gasteiger partial charge in [-0.2, -0.15) is 8.42 Å². The molecule has 2 heterocycles. The molecule has 0 fully saturated rings. The lowest BCUT2D eigenvalue weighted by atomic mass is 9.96. The van der Waals surface area contributed by atoms with Crippen LogP contribution in [0.1, 0.15) is 31.2 Å². The first-order valence-corrected chi connectivity index (χ1v) is 12.9. The number of fused-ring (bicyclic) bond motifs is 2. The predicted octanol–water partition coefficient (Wildman–Crippen LogP) is 4.17. The number of imidazole rings is 1. The highest BCUT2D eigenvalue weighted by atomic mass is 32.2. The maximum Gasteiger partial charge on any atom is 0.303 e. The second-order valence-electron chi connectivity index (χ2n) is 8.55. The van der Waals surface area contributed by atoms with E-state index in [2.05, 4.69) is 15.3 Å². The molecule has 0 atom stereocenters. The van der Waals surface area contributed by atoms with Gasteiger partial charge in [-0.1, -0.05) is 6.42 Å². The van der Waals surface area contributed by atoms with Crippen LogP contribution in [0.2, 0.25) is 0 Å². The normalized spacial score (nSPS) is 12.5. The highest BCUT2D eigenvalue weighted by molar-refractivity contribution is 7.86. The minimum atomic E-state index is -4.53. The Labute approximate surface area is 208 Å². The van der Waals surface area contributed by atoms with Gasteiger partial charge in [-0.25, -0.2) is 4.98 Å². The van der Waals surface area contributed by atoms with E-state index in [4.69, 9.17) is 9.52 Å². The van der Waals surface area contributed by atoms with Crippen LogP contribution < -0.4 is 10.7 Å². The third-order valence-corrected chi connectivity index (χ3v) is 7.05. The number of carbonyl (C=O) groups is 1. The summed E-state index contributed by atoms with van der Waals surface area (Å²) in [6, 6.07) is 6.71. The SMILES string of the molecule is CN=c1cc2oc3cc(NC)c(S(=O)(=O)O)cc3c(-c3nccn3CCCCCC(=O)O)c-2cc1C. The molecule has 0 bridgehead atoms. The number of benzene rings is 2. The van der Waals surface area contributed by atoms with E-state index in [-0.39, 0.29) is 17.0 Å². The van der Waals surface area contributed by atoms with Crippen molar-refractivity contribution >= 4 is 32.7 Å². The lowest BCUT2D eigenvalue weighted by Crippen LogP contribution is -2.09. The van der Waals surface area contributed by atoms with E-state index in [0.29, 0.717) is 41.1 Å². The monoisotopic (exact) mass is 512 g/mol. The van der Waals surface area contributed by atoms with Crippen molar-refractivity contribution in [1.29, 1.82) is 0 Å². The van der Waals surface area contributed by atoms with Crippen molar-refractivity contribution < 1.29 is 27.3 Å². The zero-order valence-corrected chi connectivity index (χ0v) is 21.1. The number of hydrogen-bond acceptors (Lipinski definition) is 7. The number of anilines is 1. The van der Waals surface area contributed by atoms with Crippen molar-refractivity contribution in [2.75, 3.05) is 19.4 Å². The Bertz CT molecular complexity index is 1590. The summed E-state index contributed by atoms with van der Waals surface area (Å²) >= 11 is 0. The number of carboxylic acid groups (broad SMARTS) is 1. The van der Waals surface area contributed by atoms with Gasteiger partial charge in [0.05, 0.1) is 11.0 Å². The smallest absolute Gasteiger partial charge is 0.303 e. The molecule has 2 aromatic rings. The Morgan fingerprint density at radius 1 is 1.19 bits per heavy atom. The van der Waals surface area contributed by atoms with Gasteiger partial charge in [0.15, 0.2) is 0 Å². The van der Waals surface area contributed by atoms with Crippen LogP contribution in [0.5, 0.6) is 0 Å². The van der Waals surface area contributed by atoms with Crippen LogP contribution in [0.15, 0.2) is 51.0 Å². The first-order chi connectivity index (χ1) is 17.1. The number of nitrogens with zero attached hydrogens (tertiary/aromatic N) is 3. The fourth-order valence-electron chi connectivity index (χ4n) is 4.40. The maximum atomic E-state index is 12.2. The molecular formula is C25H28N4O6S. The number of rotatable bonds is 9. The molecule has 2 aliphatic rings. The Morgan fingerprint density at radius 2 is 1.97 bits per heavy atom. The van der Waals surface area contributed by atoms with Crippen molar-refractivity contribution in [3.05, 3.63) is 47.6 Å². The zero-order chi connectivity index (χ0) is 26.0. The minimum Gasteiger partial charge on any atom is -0.481 e. The maximum absolute atomic E-state index is 12.2. The summed E-state index contributed by atoms with van der Waals surface area (Å²) < 4.78 is 42.4. The molecule has 11 heteroatoms. The molecule has 0 saturated carbocycles. The van der Waals surface area contributed by atoms with Crippen LogP contribution in [-0.2, 0) is 21.5 Å². The molecule has 1 aliphatic heterocycles. The van der Waals surface area contributed by atoms with E-state index in [1.54, 1.807) is 26.4 Å². The largest absolute Gasteiger partial charge is 0.481 e. The summed E-state index contributed by atoms with van der Waals surface area (Å²) in [6.07, 6.45) is 5.71. The lowest BCUT2D eigenvalue weighted by molar-refractivity contribution is -0.137. The number of aryl methyl sites for hydroxylation is 2. The molecule has 0 saturated heterocycles. The second kappa shape index (κ2) is 10.1. The lowest BCUT2D eigenvalue weighted by Gasteiger charge is -2.18. The van der Waals surface area contributed by atoms with Crippen LogP contribution >= 0.6 is 0 Å². The standard InChI is InChI=1S/C25H28N4O6S/c1-15-11-16-20(13-18(15)26-2)35-21-14-19(27-3)22(36(32,33)34)12-17(21)24(16)25-28-8-10-29(25)9-6-4-5-7-23(30)31/h8,10-14,27H,4-7,9H2,1-3H3,(H,30,31)(H,32,33,34). The quantitative estimate of drug-likeness (QED) is 0.172. The van der Waals surface area contributed by atoms with Crippen molar-refractivity contribution in [1.82, 2.24) is 9.55 Å². The molecule has 10 nitrogen and oxygen atoms in total. The molecule has 1 aromatic carbocycles. The molecule has 3 N–H and O–H groups in total. The van der Waals surface area contributed by atoms with Crippen molar-refractivity contribution in [3.8, 4) is 22.7 Å². The van der Waals surface area contributed by atoms with E-state index in [9.17, 15) is 17.8 Å². The Morgan fingerprint density at radius 3 is 2.64 bits per heavy atom. The number of nitrogens with one attached hydrogen (secondary N) is 1. The van der Waals surface area contributed by atoms with Gasteiger partial charge < -0.3 is 19.4 Å². The fraction of sp³-hybridized carbons (Fsp3) is 0.320. The van der Waals surface area contributed by atoms with Gasteiger partial charge >= 0.3 is 5.97 Å². The minimum absolute atomic E-state index is 0.128. The van der Waals surface area contributed by atoms with Crippen molar-refractivity contribution in [2.45, 2.75) is 44.0 Å². The average Bonchev–Trinajstić information content (AvgIpc) is 3.28. The van der Waals surface area contributed by atoms with Gasteiger partial charge in [0, 0.05) is 68.1 Å². The van der Waals surface area contributed by atoms with Crippen LogP contribution in [0, 0.1) is 6.92 Å². The Hall–Kier alpha value is -3.70. The molecule has 0 spiro atoms. The van der Waals surface area contributed by atoms with Crippen LogP contribution in [-0.4, -0.2) is 47.7 Å². The molecule has 190 valence electrons. The fourth-order valence-corrected chi connectivity index (χ4v) is 5.11. The Kier molecular flexibility index (Phi) is 7.14. The summed E-state index contributed by atoms with van der Waals surface area (Å²) in [6.45, 7) is 2.53. The Balaban J connectivity index is 1.96. The number of hydrogen-bond donors (Lipinski definition) is 3. The second-order valence-corrected chi connectivity index (χ2v) is 9.94. The topological polar surface area (TPSA) is 147 Å². The van der Waals surface area contributed by atoms with Gasteiger partial charge in [0.1, 0.15) is 22.1 Å². The number of aromatic nitrogens is 2. The molecule has 1 aliphatic carbocycles. The molecule has 0 radical (unpaired) electrons. The van der Waals surface area contributed by atoms with E-state index < -0.39 is 16.1 Å². The van der Waals surface area contributed by atoms with E-state index in [1.807, 2.05) is 29.8 Å². The summed E-state index contributed by atoms with van der Waals surface area (Å²) in [5.74, 6) is 0.355. The van der Waals surface area contributed by atoms with E-state index >= 15 is 0 Å². The third kappa shape index (κ3) is 4.98. The van der Waals surface area contributed by atoms with Gasteiger partial charge in [-0.05, 0) is 37.5 Å². The number of aliphatic carboxylic acids is 1. The highest BCUT2D eigenvalue weighted by Crippen LogP contribution is 2.42. The summed E-state index contributed by atoms with van der Waals surface area (Å²) in [5, 5.41) is 12.9. The first kappa shape index (κ1) is 25.4. The molecular weight excluding hydrogens is 484 g/mol. The van der Waals surface area contributed by atoms with E-state index in [0.717, 1.165) is 29.3 Å². The zero-order valence-electron chi connectivity index (χ0n) is 20.3. The first-order valence-electron chi connectivity index (χ1n) is 11.5. The van der Waals surface area contributed by atoms with Gasteiger partial charge in [0.25, 0.3) is 10.1 Å². The summed E-state index contributed by atoms with van der Waals surface area (Å²) in [5.41, 5.74) is 2.92. The number of carboxylic acids is 1. The van der Waals surface area contributed by atoms with Gasteiger partial charge in [-0.15, -0.1) is 0 Å². The van der Waals surface area contributed by atoms with Crippen LogP contribution in [0.3, 0.4) is 0 Å². The van der Waals surface area contributed by atoms with Gasteiger partial charge in [-0.3, -0.25) is 14.3 Å². The van der Waals surface area contributed by atoms with Crippen LogP contribution in [0.4, 0.5) is 5.69 Å². The summed E-state index contributed by atoms with van der Waals surface area (Å²) in [7, 11) is -1.27. The molecule has 4 rings (SSSR count). The third-order valence-electron chi connectivity index (χ3n) is 6.16. The predicted molar refractivity (Wildman–Crippen MR) is 136 cm³/mol. The van der Waals surface area contributed by atoms with Crippen molar-refractivity contribution in [3.63, 3.8) is 0 Å². The molecule has 0 unspecified atom stereocenters. The van der Waals surface area contributed by atoms with Gasteiger partial charge in [0.2, 0.25) is 0 Å². The molecule has 1 aromatic heterocycles. The van der Waals surface area contributed by atoms with Crippen LogP contribution in [0.25, 0.3) is 33.7 Å². The number of unbranched alkanes of at least 4 members (excludes halogenated alkanes) is 2. The van der Waals surface area contributed by atoms with E-state index in [1.165, 1.54) is 6.07 Å². The molecule has 36 heavy (non-hydrogen) atoms. The highest BCUT2D eigenvalue weighted by Gasteiger charge is 2.25. The average molecular weight is 513 g/mol. The molecule has 0 amide bonds.